The number of benzene rings is 1. The Bertz CT molecular complexity index is 746. The summed E-state index contributed by atoms with van der Waals surface area (Å²) in [4.78, 5) is 29.5. The average Bonchev–Trinajstić information content (AvgIpc) is 3.09. The maximum Gasteiger partial charge on any atom is 0.228 e. The van der Waals surface area contributed by atoms with Crippen molar-refractivity contribution in [1.29, 1.82) is 0 Å². The molecule has 0 bridgehead atoms. The molecule has 2 aromatic rings. The van der Waals surface area contributed by atoms with Gasteiger partial charge in [0.1, 0.15) is 5.82 Å². The second-order valence-electron chi connectivity index (χ2n) is 5.50. The molecule has 0 radical (unpaired) electrons. The summed E-state index contributed by atoms with van der Waals surface area (Å²) >= 11 is 1.29. The number of anilines is 1. The quantitative estimate of drug-likeness (QED) is 0.936. The summed E-state index contributed by atoms with van der Waals surface area (Å²) in [6.07, 6.45) is 1.46. The van der Waals surface area contributed by atoms with Crippen molar-refractivity contribution in [1.82, 2.24) is 9.88 Å². The Kier molecular flexibility index (Phi) is 4.38. The Morgan fingerprint density at radius 2 is 2.35 bits per heavy atom. The van der Waals surface area contributed by atoms with Crippen LogP contribution >= 0.6 is 11.3 Å². The van der Waals surface area contributed by atoms with E-state index < -0.39 is 0 Å². The third kappa shape index (κ3) is 3.56. The van der Waals surface area contributed by atoms with Gasteiger partial charge in [-0.15, -0.1) is 11.3 Å². The van der Waals surface area contributed by atoms with Crippen LogP contribution in [-0.2, 0) is 9.59 Å². The Morgan fingerprint density at radius 3 is 3.04 bits per heavy atom. The SMILES string of the molecule is CN1C(=O)CCC1CC(=O)Nc1nc(-c2cccc(F)c2)cs1. The summed E-state index contributed by atoms with van der Waals surface area (Å²) in [7, 11) is 1.72. The third-order valence-electron chi connectivity index (χ3n) is 3.92. The molecule has 3 rings (SSSR count). The highest BCUT2D eigenvalue weighted by Gasteiger charge is 2.29. The van der Waals surface area contributed by atoms with E-state index in [1.807, 2.05) is 0 Å². The van der Waals surface area contributed by atoms with Crippen molar-refractivity contribution in [3.8, 4) is 11.3 Å². The molecule has 0 spiro atoms. The molecule has 1 aliphatic heterocycles. The average molecular weight is 333 g/mol. The van der Waals surface area contributed by atoms with Gasteiger partial charge in [0.05, 0.1) is 5.69 Å². The van der Waals surface area contributed by atoms with Gasteiger partial charge in [-0.3, -0.25) is 9.59 Å². The number of nitrogens with zero attached hydrogens (tertiary/aromatic N) is 2. The van der Waals surface area contributed by atoms with Gasteiger partial charge in [0, 0.05) is 36.9 Å². The smallest absolute Gasteiger partial charge is 0.228 e. The second-order valence-corrected chi connectivity index (χ2v) is 6.36. The van der Waals surface area contributed by atoms with Gasteiger partial charge < -0.3 is 10.2 Å². The summed E-state index contributed by atoms with van der Waals surface area (Å²) < 4.78 is 13.2. The number of thiazole rings is 1. The first kappa shape index (κ1) is 15.6. The monoisotopic (exact) mass is 333 g/mol. The van der Waals surface area contributed by atoms with Crippen LogP contribution in [0.5, 0.6) is 0 Å². The standard InChI is InChI=1S/C16H16FN3O2S/c1-20-12(5-6-15(20)22)8-14(21)19-16-18-13(9-23-16)10-3-2-4-11(17)7-10/h2-4,7,9,12H,5-6,8H2,1H3,(H,18,19,21). The molecule has 1 atom stereocenters. The molecule has 1 fully saturated rings. The van der Waals surface area contributed by atoms with Crippen LogP contribution in [0.3, 0.4) is 0 Å². The largest absolute Gasteiger partial charge is 0.342 e. The molecular formula is C16H16FN3O2S. The van der Waals surface area contributed by atoms with Gasteiger partial charge in [-0.2, -0.15) is 0 Å². The number of aromatic nitrogens is 1. The van der Waals surface area contributed by atoms with Crippen LogP contribution in [0.1, 0.15) is 19.3 Å². The highest BCUT2D eigenvalue weighted by molar-refractivity contribution is 7.14. The molecule has 120 valence electrons. The second kappa shape index (κ2) is 6.45. The lowest BCUT2D eigenvalue weighted by molar-refractivity contribution is -0.128. The maximum atomic E-state index is 13.2. The van der Waals surface area contributed by atoms with E-state index in [0.717, 1.165) is 0 Å². The molecule has 2 heterocycles. The maximum absolute atomic E-state index is 13.2. The fourth-order valence-corrected chi connectivity index (χ4v) is 3.33. The van der Waals surface area contributed by atoms with Gasteiger partial charge in [-0.1, -0.05) is 12.1 Å². The summed E-state index contributed by atoms with van der Waals surface area (Å²) in [5.41, 5.74) is 1.29. The zero-order valence-corrected chi connectivity index (χ0v) is 13.4. The number of carbonyl (C=O) groups excluding carboxylic acids is 2. The topological polar surface area (TPSA) is 62.3 Å². The molecule has 7 heteroatoms. The van der Waals surface area contributed by atoms with Crippen molar-refractivity contribution in [2.45, 2.75) is 25.3 Å². The van der Waals surface area contributed by atoms with Crippen molar-refractivity contribution < 1.29 is 14.0 Å². The number of rotatable bonds is 4. The minimum Gasteiger partial charge on any atom is -0.342 e. The lowest BCUT2D eigenvalue weighted by Gasteiger charge is -2.18. The molecule has 1 N–H and O–H groups in total. The number of carbonyl (C=O) groups is 2. The Balaban J connectivity index is 1.63. The molecule has 1 unspecified atom stereocenters. The fraction of sp³-hybridized carbons (Fsp3) is 0.312. The number of hydrogen-bond donors (Lipinski definition) is 1. The predicted octanol–water partition coefficient (Wildman–Crippen LogP) is 2.90. The van der Waals surface area contributed by atoms with Crippen LogP contribution in [0.4, 0.5) is 9.52 Å². The van der Waals surface area contributed by atoms with Gasteiger partial charge >= 0.3 is 0 Å². The summed E-state index contributed by atoms with van der Waals surface area (Å²) in [6.45, 7) is 0. The third-order valence-corrected chi connectivity index (χ3v) is 4.68. The van der Waals surface area contributed by atoms with Crippen LogP contribution in [0.15, 0.2) is 29.6 Å². The number of amides is 2. The molecule has 5 nitrogen and oxygen atoms in total. The van der Waals surface area contributed by atoms with Gasteiger partial charge in [0.2, 0.25) is 11.8 Å². The zero-order chi connectivity index (χ0) is 16.4. The molecule has 0 aliphatic carbocycles. The van der Waals surface area contributed by atoms with Crippen molar-refractivity contribution in [3.63, 3.8) is 0 Å². The van der Waals surface area contributed by atoms with Crippen molar-refractivity contribution in [2.75, 3.05) is 12.4 Å². The Hall–Kier alpha value is -2.28. The molecule has 1 aromatic carbocycles. The zero-order valence-electron chi connectivity index (χ0n) is 12.6. The first-order valence-corrected chi connectivity index (χ1v) is 8.18. The first-order valence-electron chi connectivity index (χ1n) is 7.30. The number of nitrogens with one attached hydrogen (secondary N) is 1. The van der Waals surface area contributed by atoms with Crippen molar-refractivity contribution >= 4 is 28.3 Å². The lowest BCUT2D eigenvalue weighted by Crippen LogP contribution is -2.32. The van der Waals surface area contributed by atoms with Crippen LogP contribution in [0, 0.1) is 5.82 Å². The highest BCUT2D eigenvalue weighted by atomic mass is 32.1. The van der Waals surface area contributed by atoms with E-state index in [1.54, 1.807) is 29.5 Å². The molecular weight excluding hydrogens is 317 g/mol. The molecule has 23 heavy (non-hydrogen) atoms. The minimum atomic E-state index is -0.324. The fourth-order valence-electron chi connectivity index (χ4n) is 2.60. The van der Waals surface area contributed by atoms with Gasteiger partial charge in [-0.05, 0) is 18.6 Å². The molecule has 1 aliphatic rings. The Labute approximate surface area is 137 Å². The molecule has 1 aromatic heterocycles. The van der Waals surface area contributed by atoms with E-state index in [-0.39, 0.29) is 30.1 Å². The number of likely N-dealkylation sites (tertiary alicyclic amines) is 1. The molecule has 2 amide bonds. The highest BCUT2D eigenvalue weighted by Crippen LogP contribution is 2.26. The number of halogens is 1. The van der Waals surface area contributed by atoms with Gasteiger partial charge in [0.15, 0.2) is 5.13 Å². The normalized spacial score (nSPS) is 17.6. The van der Waals surface area contributed by atoms with Crippen molar-refractivity contribution in [2.24, 2.45) is 0 Å². The van der Waals surface area contributed by atoms with E-state index in [1.165, 1.54) is 23.5 Å². The van der Waals surface area contributed by atoms with Crippen LogP contribution in [0.25, 0.3) is 11.3 Å². The molecule has 0 saturated carbocycles. The van der Waals surface area contributed by atoms with Crippen LogP contribution in [-0.4, -0.2) is 34.8 Å². The van der Waals surface area contributed by atoms with E-state index >= 15 is 0 Å². The van der Waals surface area contributed by atoms with E-state index in [4.69, 9.17) is 0 Å². The summed E-state index contributed by atoms with van der Waals surface area (Å²) in [5, 5.41) is 4.99. The van der Waals surface area contributed by atoms with Crippen molar-refractivity contribution in [3.05, 3.63) is 35.5 Å². The van der Waals surface area contributed by atoms with Crippen LogP contribution < -0.4 is 5.32 Å². The minimum absolute atomic E-state index is 0.0508. The molecule has 1 saturated heterocycles. The predicted molar refractivity (Wildman–Crippen MR) is 86.5 cm³/mol. The van der Waals surface area contributed by atoms with Gasteiger partial charge in [-0.25, -0.2) is 9.37 Å². The van der Waals surface area contributed by atoms with Gasteiger partial charge in [0.25, 0.3) is 0 Å². The first-order chi connectivity index (χ1) is 11.0. The van der Waals surface area contributed by atoms with E-state index in [2.05, 4.69) is 10.3 Å². The summed E-state index contributed by atoms with van der Waals surface area (Å²) in [5.74, 6) is -0.419. The van der Waals surface area contributed by atoms with E-state index in [0.29, 0.717) is 29.2 Å². The summed E-state index contributed by atoms with van der Waals surface area (Å²) in [6, 6.07) is 6.11. The lowest BCUT2D eigenvalue weighted by atomic mass is 10.1. The van der Waals surface area contributed by atoms with Crippen LogP contribution in [0.2, 0.25) is 0 Å². The number of hydrogen-bond acceptors (Lipinski definition) is 4. The Morgan fingerprint density at radius 1 is 1.52 bits per heavy atom. The van der Waals surface area contributed by atoms with E-state index in [9.17, 15) is 14.0 Å².